The molecular formula is C15H21Cl2NO. The third kappa shape index (κ3) is 3.85. The molecule has 0 bridgehead atoms. The van der Waals surface area contributed by atoms with E-state index in [-0.39, 0.29) is 0 Å². The number of rotatable bonds is 5. The normalized spacial score (nSPS) is 24.6. The van der Waals surface area contributed by atoms with E-state index in [1.165, 1.54) is 0 Å². The minimum Gasteiger partial charge on any atom is -0.378 e. The number of benzene rings is 1. The van der Waals surface area contributed by atoms with Gasteiger partial charge in [-0.3, -0.25) is 0 Å². The summed E-state index contributed by atoms with van der Waals surface area (Å²) in [5, 5.41) is 5.01. The van der Waals surface area contributed by atoms with Crippen LogP contribution in [0.25, 0.3) is 0 Å². The molecule has 1 aliphatic heterocycles. The van der Waals surface area contributed by atoms with Crippen LogP contribution in [0.2, 0.25) is 10.0 Å². The van der Waals surface area contributed by atoms with Crippen LogP contribution in [0.15, 0.2) is 18.2 Å². The van der Waals surface area contributed by atoms with E-state index in [1.807, 2.05) is 18.2 Å². The van der Waals surface area contributed by atoms with Gasteiger partial charge in [-0.25, -0.2) is 0 Å². The van der Waals surface area contributed by atoms with E-state index in [1.54, 1.807) is 0 Å². The largest absolute Gasteiger partial charge is 0.378 e. The van der Waals surface area contributed by atoms with Gasteiger partial charge in [-0.1, -0.05) is 36.2 Å². The maximum absolute atomic E-state index is 6.27. The molecule has 2 rings (SSSR count). The SMILES string of the molecule is CCNC(Cc1ccc(Cl)cc1Cl)C1CCOC1C. The van der Waals surface area contributed by atoms with Gasteiger partial charge in [-0.15, -0.1) is 0 Å². The zero-order chi connectivity index (χ0) is 13.8. The van der Waals surface area contributed by atoms with Crippen LogP contribution in [0.3, 0.4) is 0 Å². The minimum absolute atomic E-state index is 0.315. The quantitative estimate of drug-likeness (QED) is 0.889. The van der Waals surface area contributed by atoms with Crippen molar-refractivity contribution < 1.29 is 4.74 Å². The van der Waals surface area contributed by atoms with Crippen LogP contribution in [-0.2, 0) is 11.2 Å². The van der Waals surface area contributed by atoms with Crippen LogP contribution >= 0.6 is 23.2 Å². The van der Waals surface area contributed by atoms with Crippen LogP contribution in [-0.4, -0.2) is 25.3 Å². The predicted molar refractivity (Wildman–Crippen MR) is 81.2 cm³/mol. The summed E-state index contributed by atoms with van der Waals surface area (Å²) in [6, 6.07) is 6.15. The molecule has 1 fully saturated rings. The first-order valence-corrected chi connectivity index (χ1v) is 7.66. The molecule has 4 heteroatoms. The Morgan fingerprint density at radius 2 is 2.21 bits per heavy atom. The molecule has 1 aliphatic rings. The Labute approximate surface area is 125 Å². The van der Waals surface area contributed by atoms with Crippen molar-refractivity contribution in [3.8, 4) is 0 Å². The van der Waals surface area contributed by atoms with Crippen LogP contribution in [0.4, 0.5) is 0 Å². The molecule has 1 heterocycles. The van der Waals surface area contributed by atoms with E-state index < -0.39 is 0 Å². The lowest BCUT2D eigenvalue weighted by molar-refractivity contribution is 0.0956. The fraction of sp³-hybridized carbons (Fsp3) is 0.600. The van der Waals surface area contributed by atoms with Gasteiger partial charge >= 0.3 is 0 Å². The number of ether oxygens (including phenoxy) is 1. The fourth-order valence-electron chi connectivity index (χ4n) is 2.84. The standard InChI is InChI=1S/C15H21Cl2NO/c1-3-18-15(13-6-7-19-10(13)2)8-11-4-5-12(16)9-14(11)17/h4-5,9-10,13,15,18H,3,6-8H2,1-2H3. The van der Waals surface area contributed by atoms with Gasteiger partial charge in [0.05, 0.1) is 6.10 Å². The zero-order valence-corrected chi connectivity index (χ0v) is 13.0. The Bertz CT molecular complexity index is 425. The Kier molecular flexibility index (Phi) is 5.52. The lowest BCUT2D eigenvalue weighted by Gasteiger charge is -2.27. The van der Waals surface area contributed by atoms with Crippen molar-refractivity contribution in [2.45, 2.75) is 38.8 Å². The van der Waals surface area contributed by atoms with Gasteiger partial charge in [-0.05, 0) is 44.0 Å². The fourth-order valence-corrected chi connectivity index (χ4v) is 3.32. The van der Waals surface area contributed by atoms with Gasteiger partial charge in [0.25, 0.3) is 0 Å². The van der Waals surface area contributed by atoms with E-state index in [9.17, 15) is 0 Å². The van der Waals surface area contributed by atoms with E-state index in [2.05, 4.69) is 19.2 Å². The number of halogens is 2. The van der Waals surface area contributed by atoms with Crippen molar-refractivity contribution in [2.75, 3.05) is 13.2 Å². The number of likely N-dealkylation sites (N-methyl/N-ethyl adjacent to an activating group) is 1. The molecule has 1 aromatic carbocycles. The summed E-state index contributed by atoms with van der Waals surface area (Å²) in [6.45, 7) is 6.11. The first-order chi connectivity index (χ1) is 9.11. The van der Waals surface area contributed by atoms with Crippen molar-refractivity contribution >= 4 is 23.2 Å². The molecule has 0 aromatic heterocycles. The van der Waals surface area contributed by atoms with Crippen molar-refractivity contribution in [3.05, 3.63) is 33.8 Å². The van der Waals surface area contributed by atoms with E-state index in [0.29, 0.717) is 23.1 Å². The van der Waals surface area contributed by atoms with Crippen LogP contribution in [0, 0.1) is 5.92 Å². The Morgan fingerprint density at radius 1 is 1.42 bits per heavy atom. The van der Waals surface area contributed by atoms with E-state index >= 15 is 0 Å². The highest BCUT2D eigenvalue weighted by Crippen LogP contribution is 2.28. The van der Waals surface area contributed by atoms with Gasteiger partial charge in [0.2, 0.25) is 0 Å². The van der Waals surface area contributed by atoms with Crippen LogP contribution in [0.5, 0.6) is 0 Å². The van der Waals surface area contributed by atoms with Crippen LogP contribution in [0.1, 0.15) is 25.8 Å². The summed E-state index contributed by atoms with van der Waals surface area (Å²) in [6.07, 6.45) is 2.35. The summed E-state index contributed by atoms with van der Waals surface area (Å²) in [7, 11) is 0. The number of nitrogens with one attached hydrogen (secondary N) is 1. The molecule has 0 saturated carbocycles. The molecule has 1 aromatic rings. The summed E-state index contributed by atoms with van der Waals surface area (Å²) in [5.41, 5.74) is 1.15. The van der Waals surface area contributed by atoms with Gasteiger partial charge in [0.1, 0.15) is 0 Å². The maximum atomic E-state index is 6.27. The molecule has 2 nitrogen and oxygen atoms in total. The molecule has 19 heavy (non-hydrogen) atoms. The Morgan fingerprint density at radius 3 is 2.79 bits per heavy atom. The van der Waals surface area contributed by atoms with Crippen molar-refractivity contribution in [2.24, 2.45) is 5.92 Å². The molecule has 0 spiro atoms. The van der Waals surface area contributed by atoms with E-state index in [4.69, 9.17) is 27.9 Å². The lowest BCUT2D eigenvalue weighted by Crippen LogP contribution is -2.40. The van der Waals surface area contributed by atoms with Crippen molar-refractivity contribution in [3.63, 3.8) is 0 Å². The topological polar surface area (TPSA) is 21.3 Å². The average molecular weight is 302 g/mol. The average Bonchev–Trinajstić information content (AvgIpc) is 2.78. The molecule has 0 radical (unpaired) electrons. The third-order valence-corrected chi connectivity index (χ3v) is 4.46. The number of hydrogen-bond donors (Lipinski definition) is 1. The predicted octanol–water partition coefficient (Wildman–Crippen LogP) is 3.94. The first-order valence-electron chi connectivity index (χ1n) is 6.90. The highest BCUT2D eigenvalue weighted by Gasteiger charge is 2.31. The molecular weight excluding hydrogens is 281 g/mol. The molecule has 3 unspecified atom stereocenters. The molecule has 0 amide bonds. The molecule has 3 atom stereocenters. The molecule has 1 saturated heterocycles. The smallest absolute Gasteiger partial charge is 0.0590 e. The summed E-state index contributed by atoms with van der Waals surface area (Å²) in [4.78, 5) is 0. The monoisotopic (exact) mass is 301 g/mol. The second kappa shape index (κ2) is 6.94. The van der Waals surface area contributed by atoms with E-state index in [0.717, 1.165) is 36.6 Å². The minimum atomic E-state index is 0.315. The summed E-state index contributed by atoms with van der Waals surface area (Å²) in [5.74, 6) is 0.548. The highest BCUT2D eigenvalue weighted by molar-refractivity contribution is 6.35. The Hall–Kier alpha value is -0.280. The van der Waals surface area contributed by atoms with Gasteiger partial charge < -0.3 is 10.1 Å². The number of hydrogen-bond acceptors (Lipinski definition) is 2. The zero-order valence-electron chi connectivity index (χ0n) is 11.5. The summed E-state index contributed by atoms with van der Waals surface area (Å²) >= 11 is 12.2. The van der Waals surface area contributed by atoms with Gasteiger partial charge in [0, 0.05) is 28.6 Å². The highest BCUT2D eigenvalue weighted by atomic mass is 35.5. The second-order valence-corrected chi connectivity index (χ2v) is 5.98. The molecule has 0 aliphatic carbocycles. The molecule has 1 N–H and O–H groups in total. The van der Waals surface area contributed by atoms with Gasteiger partial charge in [0.15, 0.2) is 0 Å². The second-order valence-electron chi connectivity index (χ2n) is 5.13. The van der Waals surface area contributed by atoms with Crippen molar-refractivity contribution in [1.29, 1.82) is 0 Å². The lowest BCUT2D eigenvalue weighted by atomic mass is 9.89. The third-order valence-electron chi connectivity index (χ3n) is 3.87. The molecule has 106 valence electrons. The van der Waals surface area contributed by atoms with Crippen LogP contribution < -0.4 is 5.32 Å². The first kappa shape index (κ1) is 15.1. The summed E-state index contributed by atoms with van der Waals surface area (Å²) < 4.78 is 5.69. The Balaban J connectivity index is 2.11. The van der Waals surface area contributed by atoms with Gasteiger partial charge in [-0.2, -0.15) is 0 Å². The maximum Gasteiger partial charge on any atom is 0.0590 e. The van der Waals surface area contributed by atoms with Crippen molar-refractivity contribution in [1.82, 2.24) is 5.32 Å².